The molecule has 0 aliphatic heterocycles. The summed E-state index contributed by atoms with van der Waals surface area (Å²) < 4.78 is 14.7. The van der Waals surface area contributed by atoms with E-state index in [1.807, 2.05) is 129 Å². The lowest BCUT2D eigenvalue weighted by atomic mass is 10.0. The zero-order valence-electron chi connectivity index (χ0n) is 30.2. The highest BCUT2D eigenvalue weighted by Crippen LogP contribution is 2.29. The van der Waals surface area contributed by atoms with Gasteiger partial charge in [-0.05, 0) is 91.5 Å². The normalized spacial score (nSPS) is 11.5. The van der Waals surface area contributed by atoms with Gasteiger partial charge in [0.1, 0.15) is 11.2 Å². The third-order valence-electron chi connectivity index (χ3n) is 7.15. The molecule has 0 fully saturated rings. The number of carbonyl (C=O) groups excluding carboxylic acids is 2. The van der Waals surface area contributed by atoms with E-state index in [2.05, 4.69) is 34.9 Å². The van der Waals surface area contributed by atoms with Gasteiger partial charge in [-0.1, -0.05) is 48.5 Å². The molecule has 10 heteroatoms. The molecule has 2 heterocycles. The van der Waals surface area contributed by atoms with Gasteiger partial charge in [-0.2, -0.15) is 0 Å². The van der Waals surface area contributed by atoms with E-state index in [0.29, 0.717) is 23.0 Å². The molecular formula is C38H48N6O4. The molecule has 4 aromatic rings. The fraction of sp³-hybridized carbons (Fsp3) is 0.368. The average Bonchev–Trinajstić information content (AvgIpc) is 3.55. The Morgan fingerprint density at radius 1 is 0.562 bits per heavy atom. The summed E-state index contributed by atoms with van der Waals surface area (Å²) in [5, 5.41) is 5.75. The Labute approximate surface area is 283 Å². The molecular weight excluding hydrogens is 604 g/mol. The largest absolute Gasteiger partial charge is 0.444 e. The quantitative estimate of drug-likeness (QED) is 0.207. The smallest absolute Gasteiger partial charge is 0.412 e. The van der Waals surface area contributed by atoms with Crippen molar-refractivity contribution in [1.29, 1.82) is 0 Å². The van der Waals surface area contributed by atoms with E-state index in [1.165, 1.54) is 0 Å². The van der Waals surface area contributed by atoms with Gasteiger partial charge in [-0.3, -0.25) is 10.6 Å². The summed E-state index contributed by atoms with van der Waals surface area (Å²) in [6.45, 7) is 18.7. The predicted molar refractivity (Wildman–Crippen MR) is 192 cm³/mol. The number of allylic oxidation sites excluding steroid dienone is 2. The highest BCUT2D eigenvalue weighted by atomic mass is 16.6. The summed E-state index contributed by atoms with van der Waals surface area (Å²) >= 11 is 0. The summed E-state index contributed by atoms with van der Waals surface area (Å²) in [5.41, 5.74) is 7.48. The van der Waals surface area contributed by atoms with Crippen LogP contribution in [-0.2, 0) is 23.6 Å². The fourth-order valence-corrected chi connectivity index (χ4v) is 4.96. The molecule has 2 aromatic heterocycles. The van der Waals surface area contributed by atoms with Crippen LogP contribution in [0, 0.1) is 0 Å². The van der Waals surface area contributed by atoms with Crippen LogP contribution in [0.2, 0.25) is 0 Å². The highest BCUT2D eigenvalue weighted by Gasteiger charge is 2.22. The highest BCUT2D eigenvalue weighted by molar-refractivity contribution is 5.83. The van der Waals surface area contributed by atoms with E-state index >= 15 is 0 Å². The van der Waals surface area contributed by atoms with E-state index in [4.69, 9.17) is 19.4 Å². The van der Waals surface area contributed by atoms with Crippen molar-refractivity contribution in [3.63, 3.8) is 0 Å². The minimum Gasteiger partial charge on any atom is -0.444 e. The van der Waals surface area contributed by atoms with Crippen molar-refractivity contribution in [2.24, 2.45) is 14.1 Å². The first kappa shape index (κ1) is 35.7. The van der Waals surface area contributed by atoms with Crippen LogP contribution in [0.5, 0.6) is 0 Å². The second-order valence-corrected chi connectivity index (χ2v) is 14.3. The maximum Gasteiger partial charge on any atom is 0.412 e. The molecule has 0 atom stereocenters. The molecule has 0 saturated carbocycles. The SMILES string of the molecule is CC(C)=C(NC(=O)OC(C)(C)C)c1nc(-c2ccc(-c3ccc(-c4cn(C)c(C(NC(=O)OC(C)(C)C)=C(C)C)n4)cc3)cc2)cn1C. The monoisotopic (exact) mass is 652 g/mol. The van der Waals surface area contributed by atoms with E-state index in [9.17, 15) is 9.59 Å². The number of aromatic nitrogens is 4. The zero-order valence-corrected chi connectivity index (χ0v) is 30.2. The molecule has 0 spiro atoms. The number of nitrogens with zero attached hydrogens (tertiary/aromatic N) is 4. The number of benzene rings is 2. The van der Waals surface area contributed by atoms with Crippen LogP contribution in [0.3, 0.4) is 0 Å². The second-order valence-electron chi connectivity index (χ2n) is 14.3. The van der Waals surface area contributed by atoms with Gasteiger partial charge in [0.15, 0.2) is 11.6 Å². The summed E-state index contributed by atoms with van der Waals surface area (Å²) in [5.74, 6) is 1.29. The molecule has 10 nitrogen and oxygen atoms in total. The molecule has 0 radical (unpaired) electrons. The van der Waals surface area contributed by atoms with Gasteiger partial charge < -0.3 is 18.6 Å². The van der Waals surface area contributed by atoms with Crippen LogP contribution in [0.15, 0.2) is 72.1 Å². The maximum absolute atomic E-state index is 12.5. The first-order valence-corrected chi connectivity index (χ1v) is 15.9. The Balaban J connectivity index is 1.51. The molecule has 0 bridgehead atoms. The Morgan fingerprint density at radius 2 is 0.854 bits per heavy atom. The van der Waals surface area contributed by atoms with Crippen molar-refractivity contribution in [3.05, 3.63) is 83.7 Å². The molecule has 2 amide bonds. The van der Waals surface area contributed by atoms with Crippen LogP contribution in [-0.4, -0.2) is 42.5 Å². The fourth-order valence-electron chi connectivity index (χ4n) is 4.96. The summed E-state index contributed by atoms with van der Waals surface area (Å²) in [7, 11) is 3.81. The van der Waals surface area contributed by atoms with Gasteiger partial charge >= 0.3 is 12.2 Å². The van der Waals surface area contributed by atoms with Gasteiger partial charge in [0, 0.05) is 37.6 Å². The lowest BCUT2D eigenvalue weighted by Crippen LogP contribution is -2.32. The van der Waals surface area contributed by atoms with Crippen molar-refractivity contribution in [2.75, 3.05) is 0 Å². The zero-order chi connectivity index (χ0) is 35.6. The standard InChI is InChI=1S/C38H48N6O4/c1-23(2)31(41-35(45)47-37(5,6)7)33-39-29(21-43(33)11)27-17-13-25(14-18-27)26-15-19-28(20-16-26)30-22-44(12)34(40-30)32(24(3)4)42-36(46)48-38(8,9)10/h13-22H,1-12H3,(H,41,45)(H,42,46). The van der Waals surface area contributed by atoms with Crippen LogP contribution in [0.1, 0.15) is 80.9 Å². The number of hydrogen-bond acceptors (Lipinski definition) is 6. The van der Waals surface area contributed by atoms with Crippen LogP contribution in [0.25, 0.3) is 45.0 Å². The van der Waals surface area contributed by atoms with E-state index in [-0.39, 0.29) is 0 Å². The molecule has 2 N–H and O–H groups in total. The average molecular weight is 653 g/mol. The first-order valence-electron chi connectivity index (χ1n) is 15.9. The topological polar surface area (TPSA) is 112 Å². The predicted octanol–water partition coefficient (Wildman–Crippen LogP) is 8.71. The van der Waals surface area contributed by atoms with Crippen molar-refractivity contribution < 1.29 is 19.1 Å². The Bertz CT molecular complexity index is 1720. The number of alkyl carbamates (subject to hydrolysis) is 2. The van der Waals surface area contributed by atoms with Gasteiger partial charge in [-0.25, -0.2) is 19.6 Å². The van der Waals surface area contributed by atoms with Gasteiger partial charge in [0.25, 0.3) is 0 Å². The Morgan fingerprint density at radius 3 is 1.12 bits per heavy atom. The van der Waals surface area contributed by atoms with Crippen LogP contribution >= 0.6 is 0 Å². The first-order chi connectivity index (χ1) is 22.3. The molecule has 48 heavy (non-hydrogen) atoms. The van der Waals surface area contributed by atoms with Gasteiger partial charge in [0.05, 0.1) is 22.8 Å². The third-order valence-corrected chi connectivity index (χ3v) is 7.15. The van der Waals surface area contributed by atoms with Crippen molar-refractivity contribution in [3.8, 4) is 33.6 Å². The number of nitrogens with one attached hydrogen (secondary N) is 2. The maximum atomic E-state index is 12.5. The minimum absolute atomic E-state index is 0.519. The second kappa shape index (κ2) is 13.9. The molecule has 0 saturated heterocycles. The molecule has 2 aromatic carbocycles. The Kier molecular flexibility index (Phi) is 10.4. The molecule has 4 rings (SSSR count). The summed E-state index contributed by atoms with van der Waals surface area (Å²) in [6, 6.07) is 16.5. The number of aryl methyl sites for hydroxylation is 2. The summed E-state index contributed by atoms with van der Waals surface area (Å²) in [4.78, 5) is 34.7. The van der Waals surface area contributed by atoms with Crippen LogP contribution < -0.4 is 10.6 Å². The number of rotatable bonds is 7. The summed E-state index contributed by atoms with van der Waals surface area (Å²) in [6.07, 6.45) is 2.86. The van der Waals surface area contributed by atoms with E-state index in [0.717, 1.165) is 44.8 Å². The van der Waals surface area contributed by atoms with E-state index < -0.39 is 23.4 Å². The van der Waals surface area contributed by atoms with Gasteiger partial charge in [0.2, 0.25) is 0 Å². The number of imidazole rings is 2. The van der Waals surface area contributed by atoms with Crippen molar-refractivity contribution >= 4 is 23.6 Å². The molecule has 0 unspecified atom stereocenters. The molecule has 0 aliphatic carbocycles. The lowest BCUT2D eigenvalue weighted by Gasteiger charge is -2.21. The van der Waals surface area contributed by atoms with Gasteiger partial charge in [-0.15, -0.1) is 0 Å². The minimum atomic E-state index is -0.606. The molecule has 0 aliphatic rings. The third kappa shape index (κ3) is 9.02. The number of carbonyl (C=O) groups is 2. The number of hydrogen-bond donors (Lipinski definition) is 2. The van der Waals surface area contributed by atoms with Crippen LogP contribution in [0.4, 0.5) is 9.59 Å². The van der Waals surface area contributed by atoms with E-state index in [1.54, 1.807) is 0 Å². The Hall–Kier alpha value is -5.12. The van der Waals surface area contributed by atoms with Crippen molar-refractivity contribution in [1.82, 2.24) is 29.7 Å². The van der Waals surface area contributed by atoms with Crippen molar-refractivity contribution in [2.45, 2.75) is 80.4 Å². The number of ether oxygens (including phenoxy) is 2. The lowest BCUT2D eigenvalue weighted by molar-refractivity contribution is 0.0545. The molecule has 254 valence electrons. The number of amides is 2.